The Balaban J connectivity index is 1.95. The van der Waals surface area contributed by atoms with E-state index in [1.807, 2.05) is 6.20 Å². The monoisotopic (exact) mass is 353 g/mol. The minimum Gasteiger partial charge on any atom is -0.356 e. The van der Waals surface area contributed by atoms with Crippen LogP contribution in [0.4, 0.5) is 0 Å². The normalized spacial score (nSPS) is 17.8. The number of aryl methyl sites for hydroxylation is 2. The van der Waals surface area contributed by atoms with Crippen molar-refractivity contribution in [2.24, 2.45) is 5.92 Å². The zero-order chi connectivity index (χ0) is 18.7. The molecule has 140 valence electrons. The maximum absolute atomic E-state index is 12.6. The quantitative estimate of drug-likeness (QED) is 0.837. The summed E-state index contributed by atoms with van der Waals surface area (Å²) in [6, 6.07) is 8.86. The third-order valence-corrected chi connectivity index (χ3v) is 5.38. The number of amides is 1. The van der Waals surface area contributed by atoms with E-state index in [2.05, 4.69) is 61.8 Å². The summed E-state index contributed by atoms with van der Waals surface area (Å²) in [7, 11) is 0. The summed E-state index contributed by atoms with van der Waals surface area (Å²) >= 11 is 0. The number of fused-ring (bicyclic) bond motifs is 1. The molecule has 1 aliphatic rings. The highest BCUT2D eigenvalue weighted by molar-refractivity contribution is 5.77. The molecule has 0 aliphatic carbocycles. The highest BCUT2D eigenvalue weighted by Crippen LogP contribution is 2.35. The highest BCUT2D eigenvalue weighted by atomic mass is 16.1. The number of carbonyl (C=O) groups excluding carboxylic acids is 1. The molecule has 0 saturated carbocycles. The predicted octanol–water partition coefficient (Wildman–Crippen LogP) is 4.38. The molecule has 2 aromatic rings. The van der Waals surface area contributed by atoms with Crippen LogP contribution in [0.25, 0.3) is 0 Å². The Hall–Kier alpha value is -2.10. The Labute approximate surface area is 157 Å². The van der Waals surface area contributed by atoms with Gasteiger partial charge in [0.05, 0.1) is 0 Å². The summed E-state index contributed by atoms with van der Waals surface area (Å²) in [5.74, 6) is 1.79. The fourth-order valence-electron chi connectivity index (χ4n) is 3.98. The molecular weight excluding hydrogens is 322 g/mol. The van der Waals surface area contributed by atoms with Crippen LogP contribution in [0.15, 0.2) is 30.5 Å². The molecule has 4 heteroatoms. The number of hydrogen-bond acceptors (Lipinski definition) is 2. The second-order valence-corrected chi connectivity index (χ2v) is 8.02. The topological polar surface area (TPSA) is 46.9 Å². The third kappa shape index (κ3) is 4.00. The molecule has 4 nitrogen and oxygen atoms in total. The summed E-state index contributed by atoms with van der Waals surface area (Å²) in [5, 5.41) is 3.09. The SMILES string of the molecule is Cc1ccccc1[C@@H](CC(=O)NCC(C)C)c1cnc2n1[C@@H](C)CCC2. The molecule has 0 saturated heterocycles. The Morgan fingerprint density at radius 2 is 2.12 bits per heavy atom. The third-order valence-electron chi connectivity index (χ3n) is 5.38. The summed E-state index contributed by atoms with van der Waals surface area (Å²) in [6.45, 7) is 9.36. The number of nitrogens with one attached hydrogen (secondary N) is 1. The molecule has 0 spiro atoms. The van der Waals surface area contributed by atoms with Crippen molar-refractivity contribution in [3.8, 4) is 0 Å². The maximum atomic E-state index is 12.6. The van der Waals surface area contributed by atoms with E-state index in [1.165, 1.54) is 35.5 Å². The van der Waals surface area contributed by atoms with Crippen LogP contribution in [0.2, 0.25) is 0 Å². The molecule has 0 fully saturated rings. The number of hydrogen-bond donors (Lipinski definition) is 1. The number of carbonyl (C=O) groups is 1. The molecule has 0 bridgehead atoms. The second-order valence-electron chi connectivity index (χ2n) is 8.02. The van der Waals surface area contributed by atoms with Gasteiger partial charge in [-0.2, -0.15) is 0 Å². The number of rotatable bonds is 6. The van der Waals surface area contributed by atoms with Crippen LogP contribution in [-0.2, 0) is 11.2 Å². The number of imidazole rings is 1. The first-order valence-corrected chi connectivity index (χ1v) is 9.85. The molecule has 1 aromatic heterocycles. The van der Waals surface area contributed by atoms with Crippen LogP contribution in [0.5, 0.6) is 0 Å². The zero-order valence-corrected chi connectivity index (χ0v) is 16.5. The zero-order valence-electron chi connectivity index (χ0n) is 16.5. The van der Waals surface area contributed by atoms with Gasteiger partial charge in [-0.25, -0.2) is 4.98 Å². The molecule has 0 radical (unpaired) electrons. The van der Waals surface area contributed by atoms with Gasteiger partial charge in [-0.15, -0.1) is 0 Å². The van der Waals surface area contributed by atoms with Crippen LogP contribution in [0.3, 0.4) is 0 Å². The van der Waals surface area contributed by atoms with Gasteiger partial charge in [0.1, 0.15) is 5.82 Å². The summed E-state index contributed by atoms with van der Waals surface area (Å²) in [4.78, 5) is 17.3. The minimum atomic E-state index is 0.0464. The Morgan fingerprint density at radius 1 is 1.35 bits per heavy atom. The Kier molecular flexibility index (Phi) is 5.80. The van der Waals surface area contributed by atoms with Crippen molar-refractivity contribution in [1.29, 1.82) is 0 Å². The summed E-state index contributed by atoms with van der Waals surface area (Å²) in [6.07, 6.45) is 5.88. The van der Waals surface area contributed by atoms with Crippen molar-refractivity contribution >= 4 is 5.91 Å². The average molecular weight is 354 g/mol. The fraction of sp³-hybridized carbons (Fsp3) is 0.545. The van der Waals surface area contributed by atoms with Gasteiger partial charge in [-0.3, -0.25) is 4.79 Å². The first kappa shape index (κ1) is 18.7. The standard InChI is InChI=1S/C22H31N3O/c1-15(2)13-24-22(26)12-19(18-10-6-5-8-16(18)3)20-14-23-21-11-7-9-17(4)25(20)21/h5-6,8,10,14-15,17,19H,7,9,11-13H2,1-4H3,(H,24,26)/t17-,19+/m0/s1. The van der Waals surface area contributed by atoms with E-state index in [-0.39, 0.29) is 11.8 Å². The Morgan fingerprint density at radius 3 is 2.85 bits per heavy atom. The molecule has 3 rings (SSSR count). The van der Waals surface area contributed by atoms with Crippen molar-refractivity contribution in [2.45, 2.75) is 65.3 Å². The number of aromatic nitrogens is 2. The van der Waals surface area contributed by atoms with E-state index < -0.39 is 0 Å². The van der Waals surface area contributed by atoms with Gasteiger partial charge in [0.2, 0.25) is 5.91 Å². The lowest BCUT2D eigenvalue weighted by Gasteiger charge is -2.28. The highest BCUT2D eigenvalue weighted by Gasteiger charge is 2.28. The largest absolute Gasteiger partial charge is 0.356 e. The lowest BCUT2D eigenvalue weighted by Crippen LogP contribution is -2.30. The van der Waals surface area contributed by atoms with Gasteiger partial charge in [-0.1, -0.05) is 38.1 Å². The van der Waals surface area contributed by atoms with Crippen molar-refractivity contribution < 1.29 is 4.79 Å². The molecule has 1 amide bonds. The second kappa shape index (κ2) is 8.07. The van der Waals surface area contributed by atoms with Gasteiger partial charge in [0.15, 0.2) is 0 Å². The van der Waals surface area contributed by atoms with E-state index in [1.54, 1.807) is 0 Å². The van der Waals surface area contributed by atoms with Crippen molar-refractivity contribution in [3.63, 3.8) is 0 Å². The van der Waals surface area contributed by atoms with Crippen molar-refractivity contribution in [2.75, 3.05) is 6.54 Å². The van der Waals surface area contributed by atoms with Crippen molar-refractivity contribution in [1.82, 2.24) is 14.9 Å². The van der Waals surface area contributed by atoms with Gasteiger partial charge >= 0.3 is 0 Å². The van der Waals surface area contributed by atoms with E-state index >= 15 is 0 Å². The molecule has 1 aliphatic heterocycles. The summed E-state index contributed by atoms with van der Waals surface area (Å²) < 4.78 is 2.39. The van der Waals surface area contributed by atoms with Crippen LogP contribution in [-0.4, -0.2) is 22.0 Å². The lowest BCUT2D eigenvalue weighted by atomic mass is 9.88. The molecule has 2 heterocycles. The van der Waals surface area contributed by atoms with Gasteiger partial charge < -0.3 is 9.88 Å². The molecule has 1 N–H and O–H groups in total. The smallest absolute Gasteiger partial charge is 0.221 e. The molecule has 26 heavy (non-hydrogen) atoms. The van der Waals surface area contributed by atoms with Crippen LogP contribution < -0.4 is 5.32 Å². The number of nitrogens with zero attached hydrogens (tertiary/aromatic N) is 2. The molecule has 0 unspecified atom stereocenters. The first-order valence-electron chi connectivity index (χ1n) is 9.85. The van der Waals surface area contributed by atoms with E-state index in [0.717, 1.165) is 13.0 Å². The number of benzene rings is 1. The minimum absolute atomic E-state index is 0.0464. The van der Waals surface area contributed by atoms with E-state index in [0.29, 0.717) is 18.4 Å². The van der Waals surface area contributed by atoms with Crippen molar-refractivity contribution in [3.05, 3.63) is 53.1 Å². The average Bonchev–Trinajstić information content (AvgIpc) is 3.04. The van der Waals surface area contributed by atoms with Crippen LogP contribution in [0.1, 0.15) is 74.6 Å². The lowest BCUT2D eigenvalue weighted by molar-refractivity contribution is -0.121. The van der Waals surface area contributed by atoms with E-state index in [9.17, 15) is 4.79 Å². The van der Waals surface area contributed by atoms with Crippen LogP contribution >= 0.6 is 0 Å². The maximum Gasteiger partial charge on any atom is 0.221 e. The van der Waals surface area contributed by atoms with Crippen LogP contribution in [0, 0.1) is 12.8 Å². The van der Waals surface area contributed by atoms with E-state index in [4.69, 9.17) is 4.98 Å². The van der Waals surface area contributed by atoms with Gasteiger partial charge in [-0.05, 0) is 43.7 Å². The van der Waals surface area contributed by atoms with Gasteiger partial charge in [0, 0.05) is 43.2 Å². The van der Waals surface area contributed by atoms with Gasteiger partial charge in [0.25, 0.3) is 0 Å². The first-order chi connectivity index (χ1) is 12.5. The Bertz CT molecular complexity index is 762. The molecular formula is C22H31N3O. The predicted molar refractivity (Wildman–Crippen MR) is 105 cm³/mol. The molecule has 1 aromatic carbocycles. The summed E-state index contributed by atoms with van der Waals surface area (Å²) in [5.41, 5.74) is 3.64. The fourth-order valence-corrected chi connectivity index (χ4v) is 3.98. The molecule has 2 atom stereocenters.